The fraction of sp³-hybridized carbons (Fsp3) is 0.250. The van der Waals surface area contributed by atoms with E-state index >= 15 is 0 Å². The topological polar surface area (TPSA) is 9.23 Å². The fourth-order valence-corrected chi connectivity index (χ4v) is 1.21. The molecule has 0 bridgehead atoms. The van der Waals surface area contributed by atoms with Crippen molar-refractivity contribution in [3.05, 3.63) is 23.8 Å². The molecular weight excluding hydrogens is 180 g/mol. The van der Waals surface area contributed by atoms with Crippen LogP contribution in [0.3, 0.4) is 0 Å². The van der Waals surface area contributed by atoms with Gasteiger partial charge in [0.25, 0.3) is 0 Å². The zero-order valence-corrected chi connectivity index (χ0v) is 7.35. The van der Waals surface area contributed by atoms with Crippen LogP contribution in [0.25, 0.3) is 0 Å². The predicted octanol–water partition coefficient (Wildman–Crippen LogP) is 2.06. The van der Waals surface area contributed by atoms with Gasteiger partial charge in [-0.15, -0.1) is 5.46 Å². The first kappa shape index (κ1) is 9.96. The van der Waals surface area contributed by atoms with Crippen LogP contribution in [0.5, 0.6) is 5.75 Å². The summed E-state index contributed by atoms with van der Waals surface area (Å²) in [6.07, 6.45) is 0. The second kappa shape index (κ2) is 3.32. The van der Waals surface area contributed by atoms with Crippen molar-refractivity contribution >= 4 is 12.4 Å². The van der Waals surface area contributed by atoms with E-state index in [4.69, 9.17) is 4.74 Å². The van der Waals surface area contributed by atoms with Crippen molar-refractivity contribution in [2.24, 2.45) is 0 Å². The number of rotatable bonds is 2. The van der Waals surface area contributed by atoms with Gasteiger partial charge in [-0.25, -0.2) is 0 Å². The van der Waals surface area contributed by atoms with Crippen LogP contribution in [0.1, 0.15) is 5.56 Å². The van der Waals surface area contributed by atoms with E-state index in [-0.39, 0.29) is 11.3 Å². The molecular formula is C8H9BF3O-. The van der Waals surface area contributed by atoms with Crippen molar-refractivity contribution in [3.8, 4) is 5.75 Å². The molecule has 0 spiro atoms. The fourth-order valence-electron chi connectivity index (χ4n) is 1.21. The van der Waals surface area contributed by atoms with Crippen LogP contribution in [0, 0.1) is 6.92 Å². The van der Waals surface area contributed by atoms with Gasteiger partial charge in [0.2, 0.25) is 0 Å². The van der Waals surface area contributed by atoms with Crippen molar-refractivity contribution in [3.63, 3.8) is 0 Å². The summed E-state index contributed by atoms with van der Waals surface area (Å²) in [4.78, 5) is 0. The smallest absolute Gasteiger partial charge is 0.497 e. The lowest BCUT2D eigenvalue weighted by molar-refractivity contribution is 0.411. The van der Waals surface area contributed by atoms with Crippen LogP contribution in [-0.4, -0.2) is 14.1 Å². The molecule has 0 aromatic heterocycles. The summed E-state index contributed by atoms with van der Waals surface area (Å²) in [5, 5.41) is 0. The molecule has 0 aliphatic carbocycles. The minimum Gasteiger partial charge on any atom is -0.497 e. The Labute approximate surface area is 74.6 Å². The van der Waals surface area contributed by atoms with E-state index in [9.17, 15) is 12.9 Å². The Hall–Kier alpha value is -1.13. The molecule has 0 N–H and O–H groups in total. The Morgan fingerprint density at radius 1 is 1.23 bits per heavy atom. The average molecular weight is 189 g/mol. The third-order valence-corrected chi connectivity index (χ3v) is 1.90. The lowest BCUT2D eigenvalue weighted by atomic mass is 9.77. The van der Waals surface area contributed by atoms with E-state index in [0.29, 0.717) is 0 Å². The number of benzene rings is 1. The molecule has 1 rings (SSSR count). The maximum Gasteiger partial charge on any atom is 0.510 e. The summed E-state index contributed by atoms with van der Waals surface area (Å²) in [6, 6.07) is 3.93. The molecule has 0 saturated heterocycles. The molecule has 1 aromatic rings. The highest BCUT2D eigenvalue weighted by Gasteiger charge is 2.27. The highest BCUT2D eigenvalue weighted by atomic mass is 19.4. The Balaban J connectivity index is 3.24. The maximum absolute atomic E-state index is 12.4. The van der Waals surface area contributed by atoms with E-state index < -0.39 is 12.4 Å². The maximum atomic E-state index is 12.4. The summed E-state index contributed by atoms with van der Waals surface area (Å²) in [7, 11) is 1.36. The van der Waals surface area contributed by atoms with Gasteiger partial charge in [0.05, 0.1) is 7.11 Å². The predicted molar refractivity (Wildman–Crippen MR) is 46.4 cm³/mol. The molecule has 0 unspecified atom stereocenters. The summed E-state index contributed by atoms with van der Waals surface area (Å²) in [5.41, 5.74) is -0.433. The first-order chi connectivity index (χ1) is 5.96. The standard InChI is InChI=1S/C8H9BF3O/c1-6-7(9(10,11)12)4-3-5-8(6)13-2/h3-5H,1-2H3/q-1. The monoisotopic (exact) mass is 189 g/mol. The molecule has 1 nitrogen and oxygen atoms in total. The van der Waals surface area contributed by atoms with Crippen molar-refractivity contribution in [1.29, 1.82) is 0 Å². The third-order valence-electron chi connectivity index (χ3n) is 1.90. The second-order valence-electron chi connectivity index (χ2n) is 2.75. The largest absolute Gasteiger partial charge is 0.510 e. The van der Waals surface area contributed by atoms with Crippen LogP contribution in [0.4, 0.5) is 12.9 Å². The van der Waals surface area contributed by atoms with Gasteiger partial charge in [-0.1, -0.05) is 12.1 Å². The van der Waals surface area contributed by atoms with Gasteiger partial charge in [-0.05, 0) is 18.6 Å². The Kier molecular flexibility index (Phi) is 2.54. The molecule has 0 fully saturated rings. The van der Waals surface area contributed by atoms with E-state index in [0.717, 1.165) is 6.07 Å². The van der Waals surface area contributed by atoms with Gasteiger partial charge in [-0.2, -0.15) is 0 Å². The lowest BCUT2D eigenvalue weighted by Gasteiger charge is -2.19. The van der Waals surface area contributed by atoms with Crippen LogP contribution in [0.15, 0.2) is 18.2 Å². The Morgan fingerprint density at radius 3 is 2.31 bits per heavy atom. The van der Waals surface area contributed by atoms with Crippen molar-refractivity contribution in [2.45, 2.75) is 6.92 Å². The lowest BCUT2D eigenvalue weighted by Crippen LogP contribution is -2.36. The summed E-state index contributed by atoms with van der Waals surface area (Å²) < 4.78 is 41.9. The Bertz CT molecular complexity index is 309. The van der Waals surface area contributed by atoms with Crippen LogP contribution in [-0.2, 0) is 0 Å². The molecule has 0 radical (unpaired) electrons. The molecule has 0 atom stereocenters. The van der Waals surface area contributed by atoms with E-state index in [1.807, 2.05) is 0 Å². The number of ether oxygens (including phenoxy) is 1. The van der Waals surface area contributed by atoms with Gasteiger partial charge in [-0.3, -0.25) is 0 Å². The molecule has 13 heavy (non-hydrogen) atoms. The van der Waals surface area contributed by atoms with E-state index in [1.165, 1.54) is 26.2 Å². The SMILES string of the molecule is COc1cccc([B-](F)(F)F)c1C. The number of methoxy groups -OCH3 is 1. The molecule has 0 aliphatic rings. The normalized spacial score (nSPS) is 11.5. The van der Waals surface area contributed by atoms with Crippen molar-refractivity contribution in [1.82, 2.24) is 0 Å². The molecule has 0 saturated carbocycles. The third kappa shape index (κ3) is 1.97. The van der Waals surface area contributed by atoms with Crippen LogP contribution < -0.4 is 10.2 Å². The summed E-state index contributed by atoms with van der Waals surface area (Å²) >= 11 is 0. The summed E-state index contributed by atoms with van der Waals surface area (Å²) in [6.45, 7) is -3.53. The quantitative estimate of drug-likeness (QED) is 0.647. The minimum atomic E-state index is -4.94. The zero-order valence-electron chi connectivity index (χ0n) is 7.35. The molecule has 0 amide bonds. The van der Waals surface area contributed by atoms with Gasteiger partial charge >= 0.3 is 6.98 Å². The first-order valence-electron chi connectivity index (χ1n) is 3.80. The van der Waals surface area contributed by atoms with E-state index in [2.05, 4.69) is 0 Å². The molecule has 0 aliphatic heterocycles. The number of hydrogen-bond donors (Lipinski definition) is 0. The van der Waals surface area contributed by atoms with Crippen LogP contribution >= 0.6 is 0 Å². The van der Waals surface area contributed by atoms with Crippen molar-refractivity contribution < 1.29 is 17.7 Å². The second-order valence-corrected chi connectivity index (χ2v) is 2.75. The molecule has 1 aromatic carbocycles. The van der Waals surface area contributed by atoms with Gasteiger partial charge in [0, 0.05) is 0 Å². The number of halogens is 3. The van der Waals surface area contributed by atoms with Crippen molar-refractivity contribution in [2.75, 3.05) is 7.11 Å². The Morgan fingerprint density at radius 2 is 1.85 bits per heavy atom. The van der Waals surface area contributed by atoms with E-state index in [1.54, 1.807) is 0 Å². The minimum absolute atomic E-state index is 0.150. The molecule has 5 heteroatoms. The highest BCUT2D eigenvalue weighted by molar-refractivity contribution is 6.74. The highest BCUT2D eigenvalue weighted by Crippen LogP contribution is 2.19. The number of hydrogen-bond acceptors (Lipinski definition) is 1. The average Bonchev–Trinajstić information content (AvgIpc) is 2.02. The van der Waals surface area contributed by atoms with Gasteiger partial charge in [0.15, 0.2) is 0 Å². The molecule has 0 heterocycles. The molecule has 72 valence electrons. The van der Waals surface area contributed by atoms with Gasteiger partial charge in [0.1, 0.15) is 5.75 Å². The van der Waals surface area contributed by atoms with Gasteiger partial charge < -0.3 is 17.7 Å². The van der Waals surface area contributed by atoms with Crippen LogP contribution in [0.2, 0.25) is 0 Å². The first-order valence-corrected chi connectivity index (χ1v) is 3.80. The zero-order chi connectivity index (χ0) is 10.1. The summed E-state index contributed by atoms with van der Waals surface area (Å²) in [5.74, 6) is 0.275.